The summed E-state index contributed by atoms with van der Waals surface area (Å²) in [7, 11) is 0. The number of likely N-dealkylation sites (tertiary alicyclic amines) is 1. The summed E-state index contributed by atoms with van der Waals surface area (Å²) in [6.07, 6.45) is 2.24. The molecule has 1 aliphatic heterocycles. The molecule has 2 unspecified atom stereocenters. The SMILES string of the molecule is CCCc1ccc(C(=O)CN2CC(C)C(C)C2)cc1. The van der Waals surface area contributed by atoms with Gasteiger partial charge in [-0.3, -0.25) is 9.69 Å². The largest absolute Gasteiger partial charge is 0.295 e. The van der Waals surface area contributed by atoms with E-state index in [1.807, 2.05) is 12.1 Å². The first-order chi connectivity index (χ1) is 9.10. The van der Waals surface area contributed by atoms with Gasteiger partial charge in [0.25, 0.3) is 0 Å². The Morgan fingerprint density at radius 2 is 1.74 bits per heavy atom. The fraction of sp³-hybridized carbons (Fsp3) is 0.588. The molecular weight excluding hydrogens is 234 g/mol. The molecule has 104 valence electrons. The van der Waals surface area contributed by atoms with Crippen LogP contribution >= 0.6 is 0 Å². The highest BCUT2D eigenvalue weighted by atomic mass is 16.1. The van der Waals surface area contributed by atoms with Crippen LogP contribution in [0.4, 0.5) is 0 Å². The molecule has 0 N–H and O–H groups in total. The molecule has 0 saturated carbocycles. The van der Waals surface area contributed by atoms with Crippen molar-refractivity contribution >= 4 is 5.78 Å². The molecule has 1 aromatic carbocycles. The number of rotatable bonds is 5. The molecule has 1 heterocycles. The standard InChI is InChI=1S/C17H25NO/c1-4-5-15-6-8-16(9-7-15)17(19)12-18-10-13(2)14(3)11-18/h6-9,13-14H,4-5,10-12H2,1-3H3. The zero-order valence-electron chi connectivity index (χ0n) is 12.4. The first kappa shape index (κ1) is 14.3. The number of carbonyl (C=O) groups is 1. The molecule has 1 aromatic rings. The van der Waals surface area contributed by atoms with Crippen molar-refractivity contribution in [1.82, 2.24) is 4.90 Å². The van der Waals surface area contributed by atoms with Crippen molar-refractivity contribution in [2.75, 3.05) is 19.6 Å². The molecule has 0 amide bonds. The molecule has 1 aliphatic rings. The zero-order chi connectivity index (χ0) is 13.8. The van der Waals surface area contributed by atoms with Gasteiger partial charge in [-0.15, -0.1) is 0 Å². The van der Waals surface area contributed by atoms with Crippen LogP contribution in [0.15, 0.2) is 24.3 Å². The van der Waals surface area contributed by atoms with Gasteiger partial charge in [0.05, 0.1) is 6.54 Å². The van der Waals surface area contributed by atoms with Crippen LogP contribution in [-0.2, 0) is 6.42 Å². The lowest BCUT2D eigenvalue weighted by Crippen LogP contribution is -2.28. The van der Waals surface area contributed by atoms with Crippen molar-refractivity contribution in [1.29, 1.82) is 0 Å². The summed E-state index contributed by atoms with van der Waals surface area (Å²) in [4.78, 5) is 14.5. The van der Waals surface area contributed by atoms with Crippen LogP contribution in [0.25, 0.3) is 0 Å². The van der Waals surface area contributed by atoms with Gasteiger partial charge in [0.2, 0.25) is 0 Å². The molecule has 2 nitrogen and oxygen atoms in total. The predicted molar refractivity (Wildman–Crippen MR) is 79.5 cm³/mol. The Hall–Kier alpha value is -1.15. The van der Waals surface area contributed by atoms with Gasteiger partial charge in [0.15, 0.2) is 5.78 Å². The summed E-state index contributed by atoms with van der Waals surface area (Å²) in [5, 5.41) is 0. The van der Waals surface area contributed by atoms with Crippen LogP contribution in [0, 0.1) is 11.8 Å². The molecule has 19 heavy (non-hydrogen) atoms. The number of hydrogen-bond donors (Lipinski definition) is 0. The number of ketones is 1. The van der Waals surface area contributed by atoms with E-state index in [2.05, 4.69) is 37.8 Å². The highest BCUT2D eigenvalue weighted by molar-refractivity contribution is 5.97. The maximum absolute atomic E-state index is 12.2. The molecule has 1 saturated heterocycles. The molecule has 1 fully saturated rings. The van der Waals surface area contributed by atoms with Gasteiger partial charge in [-0.05, 0) is 23.8 Å². The molecule has 0 aromatic heterocycles. The van der Waals surface area contributed by atoms with Gasteiger partial charge < -0.3 is 0 Å². The molecule has 0 radical (unpaired) electrons. The average molecular weight is 259 g/mol. The van der Waals surface area contributed by atoms with Crippen molar-refractivity contribution in [3.05, 3.63) is 35.4 Å². The summed E-state index contributed by atoms with van der Waals surface area (Å²) in [6.45, 7) is 9.40. The molecule has 0 spiro atoms. The summed E-state index contributed by atoms with van der Waals surface area (Å²) >= 11 is 0. The Labute approximate surface area is 116 Å². The second-order valence-corrected chi connectivity index (χ2v) is 6.02. The molecule has 2 heteroatoms. The quantitative estimate of drug-likeness (QED) is 0.755. The van der Waals surface area contributed by atoms with E-state index in [-0.39, 0.29) is 5.78 Å². The lowest BCUT2D eigenvalue weighted by atomic mass is 10.0. The maximum atomic E-state index is 12.2. The number of hydrogen-bond acceptors (Lipinski definition) is 2. The number of benzene rings is 1. The van der Waals surface area contributed by atoms with Crippen molar-refractivity contribution in [2.45, 2.75) is 33.6 Å². The van der Waals surface area contributed by atoms with E-state index in [4.69, 9.17) is 0 Å². The third kappa shape index (κ3) is 3.66. The van der Waals surface area contributed by atoms with Crippen molar-refractivity contribution < 1.29 is 4.79 Å². The number of nitrogens with zero attached hydrogens (tertiary/aromatic N) is 1. The number of aryl methyl sites for hydroxylation is 1. The topological polar surface area (TPSA) is 20.3 Å². The van der Waals surface area contributed by atoms with E-state index in [1.165, 1.54) is 5.56 Å². The Bertz CT molecular complexity index is 413. The molecular formula is C17H25NO. The van der Waals surface area contributed by atoms with Crippen LogP contribution < -0.4 is 0 Å². The van der Waals surface area contributed by atoms with Crippen molar-refractivity contribution in [3.63, 3.8) is 0 Å². The van der Waals surface area contributed by atoms with Crippen LogP contribution in [-0.4, -0.2) is 30.3 Å². The van der Waals surface area contributed by atoms with Gasteiger partial charge >= 0.3 is 0 Å². The molecule has 2 atom stereocenters. The van der Waals surface area contributed by atoms with Crippen LogP contribution in [0.1, 0.15) is 43.1 Å². The third-order valence-corrected chi connectivity index (χ3v) is 4.25. The molecule has 2 rings (SSSR count). The fourth-order valence-corrected chi connectivity index (χ4v) is 2.82. The van der Waals surface area contributed by atoms with Crippen LogP contribution in [0.3, 0.4) is 0 Å². The maximum Gasteiger partial charge on any atom is 0.176 e. The highest BCUT2D eigenvalue weighted by Gasteiger charge is 2.27. The van der Waals surface area contributed by atoms with E-state index < -0.39 is 0 Å². The third-order valence-electron chi connectivity index (χ3n) is 4.25. The van der Waals surface area contributed by atoms with Gasteiger partial charge in [-0.2, -0.15) is 0 Å². The van der Waals surface area contributed by atoms with Crippen LogP contribution in [0.2, 0.25) is 0 Å². The van der Waals surface area contributed by atoms with Crippen molar-refractivity contribution in [2.24, 2.45) is 11.8 Å². The number of Topliss-reactive ketones (excluding diaryl/α,β-unsaturated/α-hetero) is 1. The first-order valence-corrected chi connectivity index (χ1v) is 7.44. The Balaban J connectivity index is 1.93. The van der Waals surface area contributed by atoms with E-state index in [9.17, 15) is 4.79 Å². The second-order valence-electron chi connectivity index (χ2n) is 6.02. The smallest absolute Gasteiger partial charge is 0.176 e. The summed E-state index contributed by atoms with van der Waals surface area (Å²) in [5.41, 5.74) is 2.18. The van der Waals surface area contributed by atoms with Crippen LogP contribution in [0.5, 0.6) is 0 Å². The normalized spacial score (nSPS) is 23.7. The summed E-state index contributed by atoms with van der Waals surface area (Å²) < 4.78 is 0. The highest BCUT2D eigenvalue weighted by Crippen LogP contribution is 2.22. The van der Waals surface area contributed by atoms with E-state index in [0.29, 0.717) is 18.4 Å². The Morgan fingerprint density at radius 1 is 1.16 bits per heavy atom. The first-order valence-electron chi connectivity index (χ1n) is 7.44. The van der Waals surface area contributed by atoms with E-state index in [1.54, 1.807) is 0 Å². The second kappa shape index (κ2) is 6.33. The minimum absolute atomic E-state index is 0.254. The predicted octanol–water partition coefficient (Wildman–Crippen LogP) is 3.41. The lowest BCUT2D eigenvalue weighted by molar-refractivity contribution is 0.0942. The minimum Gasteiger partial charge on any atom is -0.295 e. The van der Waals surface area contributed by atoms with E-state index in [0.717, 1.165) is 31.5 Å². The summed E-state index contributed by atoms with van der Waals surface area (Å²) in [5.74, 6) is 1.67. The minimum atomic E-state index is 0.254. The lowest BCUT2D eigenvalue weighted by Gasteiger charge is -2.14. The van der Waals surface area contributed by atoms with Crippen molar-refractivity contribution in [3.8, 4) is 0 Å². The molecule has 0 aliphatic carbocycles. The monoisotopic (exact) mass is 259 g/mol. The fourth-order valence-electron chi connectivity index (χ4n) is 2.82. The zero-order valence-corrected chi connectivity index (χ0v) is 12.4. The van der Waals surface area contributed by atoms with Gasteiger partial charge in [-0.25, -0.2) is 0 Å². The van der Waals surface area contributed by atoms with Gasteiger partial charge in [0, 0.05) is 18.7 Å². The number of carbonyl (C=O) groups excluding carboxylic acids is 1. The average Bonchev–Trinajstić information content (AvgIpc) is 2.69. The Kier molecular flexibility index (Phi) is 4.76. The van der Waals surface area contributed by atoms with E-state index >= 15 is 0 Å². The van der Waals surface area contributed by atoms with Gasteiger partial charge in [0.1, 0.15) is 0 Å². The molecule has 0 bridgehead atoms. The summed E-state index contributed by atoms with van der Waals surface area (Å²) in [6, 6.07) is 8.14. The Morgan fingerprint density at radius 3 is 2.26 bits per heavy atom. The van der Waals surface area contributed by atoms with Gasteiger partial charge in [-0.1, -0.05) is 51.5 Å².